The van der Waals surface area contributed by atoms with Gasteiger partial charge >= 0.3 is 18.0 Å². The van der Waals surface area contributed by atoms with Crippen molar-refractivity contribution in [2.75, 3.05) is 0 Å². The van der Waals surface area contributed by atoms with E-state index < -0.39 is 23.8 Å². The van der Waals surface area contributed by atoms with Gasteiger partial charge in [-0.1, -0.05) is 12.8 Å². The molecule has 0 heterocycles. The van der Waals surface area contributed by atoms with E-state index in [0.717, 1.165) is 6.42 Å². The molecule has 0 fully saturated rings. The highest BCUT2D eigenvalue weighted by atomic mass is 19.3. The molecule has 0 N–H and O–H groups in total. The molecule has 0 bridgehead atoms. The number of hydrogen-bond acceptors (Lipinski definition) is 4. The van der Waals surface area contributed by atoms with Crippen LogP contribution in [0.2, 0.25) is 0 Å². The molecule has 0 aliphatic carbocycles. The second-order valence-electron chi connectivity index (χ2n) is 3.95. The largest absolute Gasteiger partial charge is 0.388 e. The van der Waals surface area contributed by atoms with E-state index >= 15 is 0 Å². The lowest BCUT2D eigenvalue weighted by Crippen LogP contribution is -2.12. The Bertz CT molecular complexity index is 373. The van der Waals surface area contributed by atoms with Crippen LogP contribution in [0.4, 0.5) is 13.2 Å². The van der Waals surface area contributed by atoms with Gasteiger partial charge in [0.25, 0.3) is 5.83 Å². The van der Waals surface area contributed by atoms with Crippen LogP contribution >= 0.6 is 0 Å². The molecule has 19 heavy (non-hydrogen) atoms. The van der Waals surface area contributed by atoms with Crippen molar-refractivity contribution in [3.63, 3.8) is 0 Å². The summed E-state index contributed by atoms with van der Waals surface area (Å²) in [6.45, 7) is 1.48. The zero-order valence-electron chi connectivity index (χ0n) is 10.5. The molecule has 108 valence electrons. The maximum atomic E-state index is 12.3. The molecule has 0 rings (SSSR count). The van der Waals surface area contributed by atoms with Crippen LogP contribution in [0.3, 0.4) is 0 Å². The van der Waals surface area contributed by atoms with Gasteiger partial charge in [0.2, 0.25) is 0 Å². The van der Waals surface area contributed by atoms with Crippen molar-refractivity contribution in [3.05, 3.63) is 11.9 Å². The number of esters is 2. The number of carbonyl (C=O) groups excluding carboxylic acids is 3. The van der Waals surface area contributed by atoms with Gasteiger partial charge in [-0.3, -0.25) is 4.79 Å². The van der Waals surface area contributed by atoms with Crippen molar-refractivity contribution in [2.24, 2.45) is 0 Å². The van der Waals surface area contributed by atoms with Crippen molar-refractivity contribution < 1.29 is 32.3 Å². The van der Waals surface area contributed by atoms with E-state index in [9.17, 15) is 27.6 Å². The molecule has 0 spiro atoms. The van der Waals surface area contributed by atoms with Crippen LogP contribution in [-0.4, -0.2) is 17.7 Å². The van der Waals surface area contributed by atoms with Crippen LogP contribution in [0.5, 0.6) is 0 Å². The molecule has 0 aliphatic rings. The summed E-state index contributed by atoms with van der Waals surface area (Å²) < 4.78 is 39.5. The highest BCUT2D eigenvalue weighted by Gasteiger charge is 2.20. The van der Waals surface area contributed by atoms with Gasteiger partial charge in [-0.25, -0.2) is 4.79 Å². The van der Waals surface area contributed by atoms with Crippen LogP contribution < -0.4 is 0 Å². The fourth-order valence-corrected chi connectivity index (χ4v) is 1.27. The van der Waals surface area contributed by atoms with E-state index in [1.807, 2.05) is 0 Å². The Kier molecular flexibility index (Phi) is 8.48. The number of carbonyl (C=O) groups is 3. The Hall–Kier alpha value is -1.66. The molecule has 0 aromatic carbocycles. The lowest BCUT2D eigenvalue weighted by Gasteiger charge is -2.01. The second kappa shape index (κ2) is 9.29. The summed E-state index contributed by atoms with van der Waals surface area (Å²) >= 11 is 0. The van der Waals surface area contributed by atoms with Crippen LogP contribution in [0.15, 0.2) is 11.9 Å². The Balaban J connectivity index is 3.74. The molecular weight excluding hydrogens is 265 g/mol. The van der Waals surface area contributed by atoms with Crippen LogP contribution in [0.25, 0.3) is 0 Å². The molecule has 0 saturated carbocycles. The Morgan fingerprint density at radius 3 is 1.89 bits per heavy atom. The van der Waals surface area contributed by atoms with Crippen LogP contribution in [0, 0.1) is 0 Å². The molecule has 4 nitrogen and oxygen atoms in total. The van der Waals surface area contributed by atoms with Gasteiger partial charge in [0.1, 0.15) is 5.78 Å². The molecule has 0 aromatic rings. The van der Waals surface area contributed by atoms with Crippen LogP contribution in [0.1, 0.15) is 45.4 Å². The summed E-state index contributed by atoms with van der Waals surface area (Å²) in [5, 5.41) is 0. The predicted octanol–water partition coefficient (Wildman–Crippen LogP) is 3.06. The van der Waals surface area contributed by atoms with Crippen molar-refractivity contribution in [1.82, 2.24) is 0 Å². The second-order valence-corrected chi connectivity index (χ2v) is 3.95. The van der Waals surface area contributed by atoms with Crippen molar-refractivity contribution in [3.8, 4) is 0 Å². The number of ether oxygens (including phenoxy) is 1. The van der Waals surface area contributed by atoms with Crippen LogP contribution in [-0.2, 0) is 19.1 Å². The average molecular weight is 280 g/mol. The van der Waals surface area contributed by atoms with Crippen molar-refractivity contribution >= 4 is 17.7 Å². The Morgan fingerprint density at radius 1 is 0.895 bits per heavy atom. The highest BCUT2D eigenvalue weighted by Crippen LogP contribution is 2.12. The minimum Gasteiger partial charge on any atom is -0.388 e. The fourth-order valence-electron chi connectivity index (χ4n) is 1.27. The topological polar surface area (TPSA) is 60.4 Å². The molecule has 0 saturated heterocycles. The summed E-state index contributed by atoms with van der Waals surface area (Å²) in [7, 11) is 0. The molecule has 0 radical (unpaired) electrons. The first-order valence-corrected chi connectivity index (χ1v) is 5.79. The van der Waals surface area contributed by atoms with E-state index in [-0.39, 0.29) is 12.2 Å². The first-order valence-electron chi connectivity index (χ1n) is 5.79. The average Bonchev–Trinajstić information content (AvgIpc) is 2.31. The lowest BCUT2D eigenvalue weighted by atomic mass is 10.1. The van der Waals surface area contributed by atoms with Gasteiger partial charge in [0, 0.05) is 12.8 Å². The van der Waals surface area contributed by atoms with Crippen molar-refractivity contribution in [2.45, 2.75) is 45.4 Å². The number of halogens is 3. The normalized spacial score (nSPS) is 9.89. The summed E-state index contributed by atoms with van der Waals surface area (Å²) in [6.07, 6.45) is -0.0641. The SMILES string of the molecule is CC(=O)CCCCCCC(=O)OC(=O)C(F)=C(F)F. The van der Waals surface area contributed by atoms with Gasteiger partial charge in [0.05, 0.1) is 0 Å². The van der Waals surface area contributed by atoms with Gasteiger partial charge in [-0.2, -0.15) is 13.2 Å². The van der Waals surface area contributed by atoms with Crippen molar-refractivity contribution in [1.29, 1.82) is 0 Å². The molecular formula is C12H15F3O4. The highest BCUT2D eigenvalue weighted by molar-refractivity contribution is 5.94. The van der Waals surface area contributed by atoms with Gasteiger partial charge in [-0.15, -0.1) is 0 Å². The zero-order valence-corrected chi connectivity index (χ0v) is 10.5. The van der Waals surface area contributed by atoms with Gasteiger partial charge in [-0.05, 0) is 19.8 Å². The first-order chi connectivity index (χ1) is 8.84. The predicted molar refractivity (Wildman–Crippen MR) is 59.8 cm³/mol. The molecule has 0 unspecified atom stereocenters. The minimum absolute atomic E-state index is 0.0838. The van der Waals surface area contributed by atoms with Gasteiger partial charge in [0.15, 0.2) is 0 Å². The fraction of sp³-hybridized carbons (Fsp3) is 0.583. The number of unbranched alkanes of at least 4 members (excludes halogenated alkanes) is 3. The standard InChI is InChI=1S/C12H15F3O4/c1-8(16)6-4-2-3-5-7-9(17)19-12(18)10(13)11(14)15/h2-7H2,1H3. The smallest absolute Gasteiger partial charge is 0.380 e. The van der Waals surface area contributed by atoms with E-state index in [2.05, 4.69) is 4.74 Å². The van der Waals surface area contributed by atoms with E-state index in [1.54, 1.807) is 0 Å². The maximum absolute atomic E-state index is 12.3. The maximum Gasteiger partial charge on any atom is 0.380 e. The molecule has 0 amide bonds. The number of hydrogen-bond donors (Lipinski definition) is 0. The number of rotatable bonds is 8. The van der Waals surface area contributed by atoms with E-state index in [1.165, 1.54) is 6.92 Å². The third kappa shape index (κ3) is 8.98. The third-order valence-electron chi connectivity index (χ3n) is 2.21. The Labute approximate surface area is 108 Å². The molecule has 0 aliphatic heterocycles. The summed E-state index contributed by atoms with van der Waals surface area (Å²) in [5.41, 5.74) is 0. The molecule has 0 atom stereocenters. The van der Waals surface area contributed by atoms with E-state index in [4.69, 9.17) is 0 Å². The van der Waals surface area contributed by atoms with E-state index in [0.29, 0.717) is 25.7 Å². The lowest BCUT2D eigenvalue weighted by molar-refractivity contribution is -0.158. The first kappa shape index (κ1) is 17.3. The quantitative estimate of drug-likeness (QED) is 0.297. The third-order valence-corrected chi connectivity index (χ3v) is 2.21. The zero-order chi connectivity index (χ0) is 14.8. The number of ketones is 1. The summed E-state index contributed by atoms with van der Waals surface area (Å²) in [5.74, 6) is -5.29. The monoisotopic (exact) mass is 280 g/mol. The van der Waals surface area contributed by atoms with Gasteiger partial charge < -0.3 is 9.53 Å². The Morgan fingerprint density at radius 2 is 1.42 bits per heavy atom. The summed E-state index contributed by atoms with van der Waals surface area (Å²) in [6, 6.07) is 0. The molecule has 0 aromatic heterocycles. The summed E-state index contributed by atoms with van der Waals surface area (Å²) in [4.78, 5) is 32.2. The molecule has 7 heteroatoms. The number of Topliss-reactive ketones (excluding diaryl/α,β-unsaturated/α-hetero) is 1. The minimum atomic E-state index is -2.82.